The van der Waals surface area contributed by atoms with E-state index in [0.717, 1.165) is 43.7 Å². The van der Waals surface area contributed by atoms with Gasteiger partial charge in [-0.3, -0.25) is 0 Å². The van der Waals surface area contributed by atoms with Crippen molar-refractivity contribution in [2.75, 3.05) is 23.7 Å². The SMILES string of the molecule is Cc1cc(N)cnc1N1CCC2(O)CCCCC2C1. The summed E-state index contributed by atoms with van der Waals surface area (Å²) in [6.45, 7) is 3.87. The number of aryl methyl sites for hydroxylation is 1. The van der Waals surface area contributed by atoms with Crippen molar-refractivity contribution in [3.63, 3.8) is 0 Å². The maximum atomic E-state index is 10.7. The van der Waals surface area contributed by atoms with E-state index < -0.39 is 5.60 Å². The molecule has 104 valence electrons. The number of piperidine rings is 1. The van der Waals surface area contributed by atoms with Crippen molar-refractivity contribution in [2.24, 2.45) is 5.92 Å². The average Bonchev–Trinajstić information content (AvgIpc) is 2.38. The van der Waals surface area contributed by atoms with Crippen LogP contribution < -0.4 is 10.6 Å². The van der Waals surface area contributed by atoms with Gasteiger partial charge in [0.25, 0.3) is 0 Å². The number of fused-ring (bicyclic) bond motifs is 1. The number of hydrogen-bond donors (Lipinski definition) is 2. The molecule has 3 N–H and O–H groups in total. The van der Waals surface area contributed by atoms with Crippen molar-refractivity contribution in [3.05, 3.63) is 17.8 Å². The molecule has 1 aromatic rings. The van der Waals surface area contributed by atoms with Gasteiger partial charge < -0.3 is 15.7 Å². The predicted octanol–water partition coefficient (Wildman–Crippen LogP) is 2.10. The standard InChI is InChI=1S/C15H23N3O/c1-11-8-13(16)9-17-14(11)18-7-6-15(19)5-3-2-4-12(15)10-18/h8-9,12,19H,2-7,10,16H2,1H3. The van der Waals surface area contributed by atoms with Crippen LogP contribution in [0.5, 0.6) is 0 Å². The topological polar surface area (TPSA) is 62.4 Å². The highest BCUT2D eigenvalue weighted by atomic mass is 16.3. The van der Waals surface area contributed by atoms with Crippen molar-refractivity contribution in [3.8, 4) is 0 Å². The molecule has 2 unspecified atom stereocenters. The summed E-state index contributed by atoms with van der Waals surface area (Å²) in [6, 6.07) is 1.98. The third kappa shape index (κ3) is 2.29. The summed E-state index contributed by atoms with van der Waals surface area (Å²) >= 11 is 0. The zero-order valence-electron chi connectivity index (χ0n) is 11.6. The van der Waals surface area contributed by atoms with Crippen LogP contribution in [-0.2, 0) is 0 Å². The number of aliphatic hydroxyl groups is 1. The first-order valence-electron chi connectivity index (χ1n) is 7.28. The highest BCUT2D eigenvalue weighted by Crippen LogP contribution is 2.40. The molecule has 1 saturated carbocycles. The third-order valence-electron chi connectivity index (χ3n) is 4.80. The maximum Gasteiger partial charge on any atom is 0.131 e. The van der Waals surface area contributed by atoms with Gasteiger partial charge in [0.15, 0.2) is 0 Å². The molecule has 4 heteroatoms. The first kappa shape index (κ1) is 12.7. The summed E-state index contributed by atoms with van der Waals surface area (Å²) in [5.41, 5.74) is 7.18. The highest BCUT2D eigenvalue weighted by molar-refractivity contribution is 5.53. The number of aromatic nitrogens is 1. The van der Waals surface area contributed by atoms with Crippen molar-refractivity contribution < 1.29 is 5.11 Å². The Balaban J connectivity index is 1.80. The van der Waals surface area contributed by atoms with E-state index in [2.05, 4.69) is 16.8 Å². The molecular formula is C15H23N3O. The molecule has 1 aliphatic heterocycles. The van der Waals surface area contributed by atoms with E-state index in [9.17, 15) is 5.11 Å². The highest BCUT2D eigenvalue weighted by Gasteiger charge is 2.43. The molecule has 2 aliphatic rings. The second-order valence-electron chi connectivity index (χ2n) is 6.15. The number of nitrogens with zero attached hydrogens (tertiary/aromatic N) is 2. The number of anilines is 2. The number of rotatable bonds is 1. The summed E-state index contributed by atoms with van der Waals surface area (Å²) in [6.07, 6.45) is 7.12. The fraction of sp³-hybridized carbons (Fsp3) is 0.667. The smallest absolute Gasteiger partial charge is 0.131 e. The minimum Gasteiger partial charge on any atom is -0.397 e. The van der Waals surface area contributed by atoms with E-state index in [1.54, 1.807) is 6.20 Å². The molecule has 2 fully saturated rings. The van der Waals surface area contributed by atoms with E-state index in [1.807, 2.05) is 6.07 Å². The summed E-state index contributed by atoms with van der Waals surface area (Å²) in [5.74, 6) is 1.43. The van der Waals surface area contributed by atoms with Gasteiger partial charge in [0.05, 0.1) is 17.5 Å². The third-order valence-corrected chi connectivity index (χ3v) is 4.80. The van der Waals surface area contributed by atoms with Gasteiger partial charge in [-0.05, 0) is 37.8 Å². The van der Waals surface area contributed by atoms with E-state index >= 15 is 0 Å². The van der Waals surface area contributed by atoms with Crippen LogP contribution in [0.1, 0.15) is 37.7 Å². The van der Waals surface area contributed by atoms with Crippen LogP contribution in [0.2, 0.25) is 0 Å². The Bertz CT molecular complexity index is 476. The van der Waals surface area contributed by atoms with Gasteiger partial charge in [0.1, 0.15) is 5.82 Å². The molecule has 4 nitrogen and oxygen atoms in total. The Labute approximate surface area is 114 Å². The lowest BCUT2D eigenvalue weighted by Gasteiger charge is -2.48. The summed E-state index contributed by atoms with van der Waals surface area (Å²) in [7, 11) is 0. The molecule has 3 rings (SSSR count). The summed E-state index contributed by atoms with van der Waals surface area (Å²) < 4.78 is 0. The molecule has 1 saturated heterocycles. The van der Waals surface area contributed by atoms with Gasteiger partial charge in [-0.1, -0.05) is 12.8 Å². The first-order valence-corrected chi connectivity index (χ1v) is 7.28. The molecule has 0 spiro atoms. The molecule has 0 bridgehead atoms. The van der Waals surface area contributed by atoms with Gasteiger partial charge >= 0.3 is 0 Å². The first-order chi connectivity index (χ1) is 9.08. The van der Waals surface area contributed by atoms with Gasteiger partial charge in [-0.15, -0.1) is 0 Å². The normalized spacial score (nSPS) is 31.1. The monoisotopic (exact) mass is 261 g/mol. The Morgan fingerprint density at radius 1 is 1.42 bits per heavy atom. The molecule has 0 radical (unpaired) electrons. The zero-order valence-corrected chi connectivity index (χ0v) is 11.6. The molecule has 2 atom stereocenters. The second-order valence-corrected chi connectivity index (χ2v) is 6.15. The van der Waals surface area contributed by atoms with Crippen LogP contribution in [0.3, 0.4) is 0 Å². The lowest BCUT2D eigenvalue weighted by molar-refractivity contribution is -0.0613. The van der Waals surface area contributed by atoms with Crippen LogP contribution >= 0.6 is 0 Å². The van der Waals surface area contributed by atoms with Crippen molar-refractivity contribution in [1.29, 1.82) is 0 Å². The quantitative estimate of drug-likeness (QED) is 0.812. The average molecular weight is 261 g/mol. The Morgan fingerprint density at radius 3 is 3.05 bits per heavy atom. The largest absolute Gasteiger partial charge is 0.397 e. The number of nitrogens with two attached hydrogens (primary N) is 1. The summed E-state index contributed by atoms with van der Waals surface area (Å²) in [4.78, 5) is 6.80. The van der Waals surface area contributed by atoms with E-state index in [4.69, 9.17) is 5.73 Å². The Kier molecular flexibility index (Phi) is 3.13. The molecule has 1 aromatic heterocycles. The fourth-order valence-electron chi connectivity index (χ4n) is 3.68. The molecular weight excluding hydrogens is 238 g/mol. The van der Waals surface area contributed by atoms with Crippen molar-refractivity contribution in [1.82, 2.24) is 4.98 Å². The van der Waals surface area contributed by atoms with Crippen LogP contribution in [0.4, 0.5) is 11.5 Å². The molecule has 0 aromatic carbocycles. The van der Waals surface area contributed by atoms with Gasteiger partial charge in [-0.25, -0.2) is 4.98 Å². The fourth-order valence-corrected chi connectivity index (χ4v) is 3.68. The second kappa shape index (κ2) is 4.67. The molecule has 0 amide bonds. The Morgan fingerprint density at radius 2 is 2.26 bits per heavy atom. The van der Waals surface area contributed by atoms with Crippen molar-refractivity contribution in [2.45, 2.75) is 44.6 Å². The number of nitrogen functional groups attached to an aromatic ring is 1. The molecule has 1 aliphatic carbocycles. The van der Waals surface area contributed by atoms with Gasteiger partial charge in [0.2, 0.25) is 0 Å². The minimum absolute atomic E-state index is 0.397. The van der Waals surface area contributed by atoms with Crippen LogP contribution in [0.25, 0.3) is 0 Å². The lowest BCUT2D eigenvalue weighted by Crippen LogP contribution is -2.53. The Hall–Kier alpha value is -1.29. The minimum atomic E-state index is -0.420. The zero-order chi connectivity index (χ0) is 13.5. The van der Waals surface area contributed by atoms with E-state index in [0.29, 0.717) is 11.6 Å². The number of hydrogen-bond acceptors (Lipinski definition) is 4. The summed E-state index contributed by atoms with van der Waals surface area (Å²) in [5, 5.41) is 10.7. The van der Waals surface area contributed by atoms with Crippen LogP contribution in [0.15, 0.2) is 12.3 Å². The predicted molar refractivity (Wildman–Crippen MR) is 77.1 cm³/mol. The lowest BCUT2D eigenvalue weighted by atomic mass is 9.71. The maximum absolute atomic E-state index is 10.7. The molecule has 2 heterocycles. The van der Waals surface area contributed by atoms with E-state index in [-0.39, 0.29) is 0 Å². The van der Waals surface area contributed by atoms with Gasteiger partial charge in [0, 0.05) is 19.0 Å². The van der Waals surface area contributed by atoms with E-state index in [1.165, 1.54) is 12.8 Å². The molecule has 19 heavy (non-hydrogen) atoms. The van der Waals surface area contributed by atoms with Crippen molar-refractivity contribution >= 4 is 11.5 Å². The van der Waals surface area contributed by atoms with Crippen LogP contribution in [0, 0.1) is 12.8 Å². The van der Waals surface area contributed by atoms with Gasteiger partial charge in [-0.2, -0.15) is 0 Å². The van der Waals surface area contributed by atoms with Crippen LogP contribution in [-0.4, -0.2) is 28.8 Å². The number of pyridine rings is 1.